The van der Waals surface area contributed by atoms with E-state index in [0.717, 1.165) is 0 Å². The number of benzene rings is 3. The third kappa shape index (κ3) is 6.31. The number of carbonyl (C=O) groups is 3. The summed E-state index contributed by atoms with van der Waals surface area (Å²) in [6.07, 6.45) is -0.0291. The Morgan fingerprint density at radius 2 is 1.81 bits per heavy atom. The van der Waals surface area contributed by atoms with E-state index in [2.05, 4.69) is 25.8 Å². The molecule has 0 aliphatic rings. The predicted molar refractivity (Wildman–Crippen MR) is 153 cm³/mol. The highest BCUT2D eigenvalue weighted by Gasteiger charge is 2.24. The number of halogens is 3. The first-order chi connectivity index (χ1) is 20.2. The lowest BCUT2D eigenvalue weighted by atomic mass is 10.0. The topological polar surface area (TPSA) is 129 Å². The molecule has 1 atom stereocenters. The molecule has 0 saturated heterocycles. The van der Waals surface area contributed by atoms with Crippen LogP contribution in [0.15, 0.2) is 72.8 Å². The van der Waals surface area contributed by atoms with E-state index in [1.54, 1.807) is 43.3 Å². The number of rotatable bonds is 9. The van der Waals surface area contributed by atoms with Gasteiger partial charge < -0.3 is 20.4 Å². The van der Waals surface area contributed by atoms with Crippen LogP contribution in [0.1, 0.15) is 33.5 Å². The first kappa shape index (κ1) is 28.5. The second-order valence-electron chi connectivity index (χ2n) is 9.32. The fourth-order valence-electron chi connectivity index (χ4n) is 4.38. The summed E-state index contributed by atoms with van der Waals surface area (Å²) in [5.74, 6) is -2.94. The van der Waals surface area contributed by atoms with Crippen LogP contribution in [0.25, 0.3) is 22.2 Å². The van der Waals surface area contributed by atoms with E-state index in [9.17, 15) is 23.2 Å². The Balaban J connectivity index is 1.37. The molecule has 2 heterocycles. The highest BCUT2D eigenvalue weighted by molar-refractivity contribution is 6.31. The Morgan fingerprint density at radius 3 is 2.60 bits per heavy atom. The minimum atomic E-state index is -1.13. The molecule has 9 nitrogen and oxygen atoms in total. The SMILES string of the molecule is CCOC(=O)c1cc2cc(NC(=O)[C@H](Cc3cccc(F)c3)NC(=O)c3cc(-c4cccc(Cl)c4F)n[nH]3)ccc2[nH]1. The maximum atomic E-state index is 14.5. The number of nitrogens with zero attached hydrogens (tertiary/aromatic N) is 1. The largest absolute Gasteiger partial charge is 0.461 e. The fraction of sp³-hybridized carbons (Fsp3) is 0.133. The molecule has 0 spiro atoms. The zero-order valence-electron chi connectivity index (χ0n) is 22.1. The normalized spacial score (nSPS) is 11.7. The second kappa shape index (κ2) is 12.2. The van der Waals surface area contributed by atoms with E-state index in [-0.39, 0.29) is 40.7 Å². The van der Waals surface area contributed by atoms with Gasteiger partial charge in [-0.2, -0.15) is 5.10 Å². The van der Waals surface area contributed by atoms with Crippen molar-refractivity contribution in [3.8, 4) is 11.3 Å². The van der Waals surface area contributed by atoms with Crippen LogP contribution in [-0.2, 0) is 16.0 Å². The van der Waals surface area contributed by atoms with Gasteiger partial charge in [0.25, 0.3) is 5.91 Å². The van der Waals surface area contributed by atoms with Gasteiger partial charge in [0.1, 0.15) is 23.2 Å². The Labute approximate surface area is 243 Å². The van der Waals surface area contributed by atoms with E-state index in [1.807, 2.05) is 0 Å². The van der Waals surface area contributed by atoms with E-state index in [1.165, 1.54) is 36.4 Å². The van der Waals surface area contributed by atoms with Crippen LogP contribution >= 0.6 is 11.6 Å². The van der Waals surface area contributed by atoms with E-state index >= 15 is 0 Å². The molecule has 5 rings (SSSR count). The second-order valence-corrected chi connectivity index (χ2v) is 9.73. The summed E-state index contributed by atoms with van der Waals surface area (Å²) in [5, 5.41) is 12.5. The average Bonchev–Trinajstić information content (AvgIpc) is 3.62. The molecule has 0 radical (unpaired) electrons. The zero-order chi connectivity index (χ0) is 29.8. The summed E-state index contributed by atoms with van der Waals surface area (Å²) in [6, 6.07) is 16.9. The Morgan fingerprint density at radius 1 is 1.00 bits per heavy atom. The van der Waals surface area contributed by atoms with Crippen LogP contribution in [0.5, 0.6) is 0 Å². The van der Waals surface area contributed by atoms with Crippen molar-refractivity contribution in [2.75, 3.05) is 11.9 Å². The van der Waals surface area contributed by atoms with Crippen molar-refractivity contribution in [1.29, 1.82) is 0 Å². The number of esters is 1. The maximum absolute atomic E-state index is 14.5. The summed E-state index contributed by atoms with van der Waals surface area (Å²) in [6.45, 7) is 1.93. The molecule has 42 heavy (non-hydrogen) atoms. The number of aromatic amines is 2. The van der Waals surface area contributed by atoms with Crippen LogP contribution < -0.4 is 10.6 Å². The van der Waals surface area contributed by atoms with Crippen molar-refractivity contribution in [3.05, 3.63) is 106 Å². The molecular formula is C30H24ClF2N5O4. The summed E-state index contributed by atoms with van der Waals surface area (Å²) in [7, 11) is 0. The van der Waals surface area contributed by atoms with Crippen molar-refractivity contribution in [1.82, 2.24) is 20.5 Å². The quantitative estimate of drug-likeness (QED) is 0.165. The minimum absolute atomic E-state index is 0.0262. The van der Waals surface area contributed by atoms with Gasteiger partial charge in [-0.15, -0.1) is 0 Å². The van der Waals surface area contributed by atoms with Gasteiger partial charge in [0.05, 0.1) is 17.3 Å². The molecule has 5 aromatic rings. The summed E-state index contributed by atoms with van der Waals surface area (Å²) < 4.78 is 33.4. The molecule has 2 amide bonds. The zero-order valence-corrected chi connectivity index (χ0v) is 22.9. The minimum Gasteiger partial charge on any atom is -0.461 e. The molecule has 0 unspecified atom stereocenters. The summed E-state index contributed by atoms with van der Waals surface area (Å²) >= 11 is 5.87. The standard InChI is InChI=1S/C30H24ClF2N5O4/c1-2-42-30(41)26-14-17-13-19(9-10-22(17)35-26)34-28(39)24(12-16-5-3-6-18(32)11-16)36-29(40)25-15-23(37-38-25)20-7-4-8-21(31)27(20)33/h3-11,13-15,24,35H,2,12H2,1H3,(H,34,39)(H,36,40)(H,37,38)/t24-/m0/s1. The number of anilines is 1. The van der Waals surface area contributed by atoms with Crippen molar-refractivity contribution >= 4 is 46.0 Å². The molecule has 0 fully saturated rings. The third-order valence-electron chi connectivity index (χ3n) is 6.38. The van der Waals surface area contributed by atoms with Crippen LogP contribution in [-0.4, -0.2) is 45.6 Å². The van der Waals surface area contributed by atoms with Crippen molar-refractivity contribution in [2.45, 2.75) is 19.4 Å². The number of hydrogen-bond acceptors (Lipinski definition) is 5. The number of hydrogen-bond donors (Lipinski definition) is 4. The lowest BCUT2D eigenvalue weighted by Gasteiger charge is -2.18. The molecular weight excluding hydrogens is 568 g/mol. The van der Waals surface area contributed by atoms with Crippen molar-refractivity contribution < 1.29 is 27.9 Å². The third-order valence-corrected chi connectivity index (χ3v) is 6.68. The van der Waals surface area contributed by atoms with Gasteiger partial charge >= 0.3 is 5.97 Å². The Bertz CT molecular complexity index is 1800. The highest BCUT2D eigenvalue weighted by Crippen LogP contribution is 2.27. The van der Waals surface area contributed by atoms with E-state index in [4.69, 9.17) is 16.3 Å². The van der Waals surface area contributed by atoms with Crippen LogP contribution in [0.4, 0.5) is 14.5 Å². The lowest BCUT2D eigenvalue weighted by Crippen LogP contribution is -2.45. The molecule has 0 bridgehead atoms. The molecule has 0 aliphatic carbocycles. The first-order valence-electron chi connectivity index (χ1n) is 12.9. The summed E-state index contributed by atoms with van der Waals surface area (Å²) in [4.78, 5) is 41.6. The number of aromatic nitrogens is 3. The molecule has 3 aromatic carbocycles. The van der Waals surface area contributed by atoms with E-state index in [0.29, 0.717) is 22.2 Å². The molecule has 214 valence electrons. The first-order valence-corrected chi connectivity index (χ1v) is 13.3. The lowest BCUT2D eigenvalue weighted by molar-refractivity contribution is -0.118. The van der Waals surface area contributed by atoms with Gasteiger partial charge in [-0.1, -0.05) is 29.8 Å². The number of nitrogens with one attached hydrogen (secondary N) is 4. The molecule has 2 aromatic heterocycles. The Kier molecular flexibility index (Phi) is 8.30. The smallest absolute Gasteiger partial charge is 0.354 e. The molecule has 0 aliphatic heterocycles. The van der Waals surface area contributed by atoms with Crippen LogP contribution in [0.2, 0.25) is 5.02 Å². The van der Waals surface area contributed by atoms with Gasteiger partial charge in [0.15, 0.2) is 5.82 Å². The maximum Gasteiger partial charge on any atom is 0.354 e. The number of fused-ring (bicyclic) bond motifs is 1. The van der Waals surface area contributed by atoms with Gasteiger partial charge in [-0.25, -0.2) is 13.6 Å². The van der Waals surface area contributed by atoms with Crippen LogP contribution in [0, 0.1) is 11.6 Å². The monoisotopic (exact) mass is 591 g/mol. The van der Waals surface area contributed by atoms with Crippen LogP contribution in [0.3, 0.4) is 0 Å². The van der Waals surface area contributed by atoms with Gasteiger partial charge in [-0.3, -0.25) is 14.7 Å². The summed E-state index contributed by atoms with van der Waals surface area (Å²) in [5.41, 5.74) is 2.02. The molecule has 0 saturated carbocycles. The highest BCUT2D eigenvalue weighted by atomic mass is 35.5. The van der Waals surface area contributed by atoms with E-state index < -0.39 is 35.5 Å². The van der Waals surface area contributed by atoms with Gasteiger partial charge in [0.2, 0.25) is 5.91 Å². The number of carbonyl (C=O) groups excluding carboxylic acids is 3. The van der Waals surface area contributed by atoms with Gasteiger partial charge in [0, 0.05) is 28.6 Å². The number of H-pyrrole nitrogens is 2. The van der Waals surface area contributed by atoms with Crippen molar-refractivity contribution in [2.24, 2.45) is 0 Å². The average molecular weight is 592 g/mol. The predicted octanol–water partition coefficient (Wildman–Crippen LogP) is 5.65. The number of ether oxygens (including phenoxy) is 1. The molecule has 4 N–H and O–H groups in total. The van der Waals surface area contributed by atoms with Crippen molar-refractivity contribution in [3.63, 3.8) is 0 Å². The Hall–Kier alpha value is -5.03. The number of amides is 2. The molecule has 12 heteroatoms. The fourth-order valence-corrected chi connectivity index (χ4v) is 4.56. The van der Waals surface area contributed by atoms with Gasteiger partial charge in [-0.05, 0) is 67.1 Å².